The molecule has 18 heavy (non-hydrogen) atoms. The smallest absolute Gasteiger partial charge is 0.133 e. The molecule has 2 N–H and O–H groups in total. The van der Waals surface area contributed by atoms with Crippen LogP contribution in [0.1, 0.15) is 10.8 Å². The van der Waals surface area contributed by atoms with Gasteiger partial charge in [-0.1, -0.05) is 12.1 Å². The Bertz CT molecular complexity index is 566. The van der Waals surface area contributed by atoms with Crippen molar-refractivity contribution >= 4 is 11.8 Å². The topological polar surface area (TPSA) is 49.7 Å². The van der Waals surface area contributed by atoms with Crippen LogP contribution in [0.2, 0.25) is 0 Å². The molecule has 4 heteroatoms. The lowest BCUT2D eigenvalue weighted by Crippen LogP contribution is -2.12. The molecule has 0 spiro atoms. The van der Waals surface area contributed by atoms with Gasteiger partial charge in [0.05, 0.1) is 10.1 Å². The molecule has 1 unspecified atom stereocenters. The van der Waals surface area contributed by atoms with Crippen molar-refractivity contribution in [2.24, 2.45) is 0 Å². The van der Waals surface area contributed by atoms with Crippen LogP contribution in [0.4, 0.5) is 0 Å². The molecule has 2 aromatic rings. The van der Waals surface area contributed by atoms with Crippen molar-refractivity contribution < 1.29 is 14.9 Å². The minimum absolute atomic E-state index is 0.180. The molecule has 0 aromatic heterocycles. The Morgan fingerprint density at radius 1 is 1.00 bits per heavy atom. The predicted molar refractivity (Wildman–Crippen MR) is 70.3 cm³/mol. The van der Waals surface area contributed by atoms with Crippen LogP contribution in [-0.4, -0.2) is 16.8 Å². The highest BCUT2D eigenvalue weighted by Gasteiger charge is 2.22. The molecule has 0 fully saturated rings. The van der Waals surface area contributed by atoms with E-state index in [0.29, 0.717) is 6.61 Å². The summed E-state index contributed by atoms with van der Waals surface area (Å²) in [6, 6.07) is 12.3. The molecule has 0 bridgehead atoms. The Balaban J connectivity index is 1.88. The zero-order valence-electron chi connectivity index (χ0n) is 9.54. The largest absolute Gasteiger partial charge is 0.508 e. The number of hydrogen-bond acceptors (Lipinski definition) is 4. The van der Waals surface area contributed by atoms with Crippen LogP contribution >= 0.6 is 11.8 Å². The summed E-state index contributed by atoms with van der Waals surface area (Å²) in [4.78, 5) is 0.944. The third-order valence-electron chi connectivity index (χ3n) is 2.85. The van der Waals surface area contributed by atoms with Gasteiger partial charge in [-0.2, -0.15) is 0 Å². The SMILES string of the molecule is Oc1ccc(C2COc3ccc(O)cc3S2)cc1. The second kappa shape index (κ2) is 4.46. The molecular formula is C14H12O3S. The van der Waals surface area contributed by atoms with E-state index < -0.39 is 0 Å². The Kier molecular flexibility index (Phi) is 2.80. The molecule has 1 aliphatic heterocycles. The second-order valence-electron chi connectivity index (χ2n) is 4.14. The van der Waals surface area contributed by atoms with E-state index in [1.54, 1.807) is 42.1 Å². The minimum atomic E-state index is 0.180. The summed E-state index contributed by atoms with van der Waals surface area (Å²) < 4.78 is 5.68. The molecule has 0 aliphatic carbocycles. The van der Waals surface area contributed by atoms with Gasteiger partial charge in [0.25, 0.3) is 0 Å². The van der Waals surface area contributed by atoms with Gasteiger partial charge in [0.15, 0.2) is 0 Å². The molecule has 1 heterocycles. The molecule has 1 aliphatic rings. The van der Waals surface area contributed by atoms with E-state index in [9.17, 15) is 10.2 Å². The average molecular weight is 260 g/mol. The Morgan fingerprint density at radius 2 is 1.72 bits per heavy atom. The van der Waals surface area contributed by atoms with Crippen molar-refractivity contribution in [3.8, 4) is 17.2 Å². The number of ether oxygens (including phenoxy) is 1. The second-order valence-corrected chi connectivity index (χ2v) is 5.38. The van der Waals surface area contributed by atoms with Crippen LogP contribution in [0.5, 0.6) is 17.2 Å². The van der Waals surface area contributed by atoms with E-state index in [1.165, 1.54) is 0 Å². The van der Waals surface area contributed by atoms with Crippen molar-refractivity contribution in [2.45, 2.75) is 10.1 Å². The lowest BCUT2D eigenvalue weighted by molar-refractivity contribution is 0.303. The summed E-state index contributed by atoms with van der Waals surface area (Å²) in [5, 5.41) is 18.9. The van der Waals surface area contributed by atoms with Crippen LogP contribution in [0.25, 0.3) is 0 Å². The van der Waals surface area contributed by atoms with Crippen LogP contribution < -0.4 is 4.74 Å². The minimum Gasteiger partial charge on any atom is -0.508 e. The highest BCUT2D eigenvalue weighted by atomic mass is 32.2. The van der Waals surface area contributed by atoms with Gasteiger partial charge in [-0.3, -0.25) is 0 Å². The van der Waals surface area contributed by atoms with Crippen molar-refractivity contribution in [1.82, 2.24) is 0 Å². The van der Waals surface area contributed by atoms with E-state index >= 15 is 0 Å². The van der Waals surface area contributed by atoms with Gasteiger partial charge in [-0.05, 0) is 35.9 Å². The molecule has 92 valence electrons. The summed E-state index contributed by atoms with van der Waals surface area (Å²) in [5.74, 6) is 1.32. The summed E-state index contributed by atoms with van der Waals surface area (Å²) in [7, 11) is 0. The van der Waals surface area contributed by atoms with E-state index in [-0.39, 0.29) is 16.7 Å². The van der Waals surface area contributed by atoms with Gasteiger partial charge in [0.2, 0.25) is 0 Å². The zero-order valence-corrected chi connectivity index (χ0v) is 10.4. The van der Waals surface area contributed by atoms with Crippen LogP contribution in [0, 0.1) is 0 Å². The van der Waals surface area contributed by atoms with Crippen LogP contribution in [0.15, 0.2) is 47.4 Å². The molecule has 0 amide bonds. The molecule has 0 saturated heterocycles. The molecule has 1 atom stereocenters. The highest BCUT2D eigenvalue weighted by molar-refractivity contribution is 7.99. The Labute approximate surface area is 109 Å². The van der Waals surface area contributed by atoms with Gasteiger partial charge in [-0.15, -0.1) is 11.8 Å². The summed E-state index contributed by atoms with van der Waals surface area (Å²) in [6.07, 6.45) is 0. The fourth-order valence-corrected chi connectivity index (χ4v) is 3.08. The number of hydrogen-bond donors (Lipinski definition) is 2. The molecule has 2 aromatic carbocycles. The van der Waals surface area contributed by atoms with Crippen LogP contribution in [0.3, 0.4) is 0 Å². The van der Waals surface area contributed by atoms with Crippen LogP contribution in [-0.2, 0) is 0 Å². The average Bonchev–Trinajstić information content (AvgIpc) is 2.38. The maximum absolute atomic E-state index is 9.48. The normalized spacial score (nSPS) is 17.9. The van der Waals surface area contributed by atoms with Crippen molar-refractivity contribution in [3.63, 3.8) is 0 Å². The number of rotatable bonds is 1. The molecule has 3 nitrogen and oxygen atoms in total. The first-order valence-corrected chi connectivity index (χ1v) is 6.52. The lowest BCUT2D eigenvalue weighted by atomic mass is 10.1. The Hall–Kier alpha value is -1.81. The summed E-state index contributed by atoms with van der Waals surface area (Å²) >= 11 is 1.66. The van der Waals surface area contributed by atoms with Crippen molar-refractivity contribution in [3.05, 3.63) is 48.0 Å². The molecule has 0 saturated carbocycles. The third-order valence-corrected chi connectivity index (χ3v) is 4.12. The number of benzene rings is 2. The number of phenolic OH excluding ortho intramolecular Hbond substituents is 2. The first kappa shape index (κ1) is 11.3. The Morgan fingerprint density at radius 3 is 2.50 bits per heavy atom. The summed E-state index contributed by atoms with van der Waals surface area (Å²) in [5.41, 5.74) is 1.10. The zero-order chi connectivity index (χ0) is 12.5. The molecule has 0 radical (unpaired) electrons. The van der Waals surface area contributed by atoms with Gasteiger partial charge in [0.1, 0.15) is 23.9 Å². The molecule has 3 rings (SSSR count). The van der Waals surface area contributed by atoms with E-state index in [4.69, 9.17) is 4.74 Å². The fourth-order valence-electron chi connectivity index (χ4n) is 1.91. The maximum atomic E-state index is 9.48. The first-order chi connectivity index (χ1) is 8.72. The van der Waals surface area contributed by atoms with Crippen molar-refractivity contribution in [2.75, 3.05) is 6.61 Å². The highest BCUT2D eigenvalue weighted by Crippen LogP contribution is 2.45. The van der Waals surface area contributed by atoms with Gasteiger partial charge in [-0.25, -0.2) is 0 Å². The third kappa shape index (κ3) is 2.11. The number of aromatic hydroxyl groups is 2. The van der Waals surface area contributed by atoms with Gasteiger partial charge >= 0.3 is 0 Å². The fraction of sp³-hybridized carbons (Fsp3) is 0.143. The first-order valence-electron chi connectivity index (χ1n) is 5.64. The standard InChI is InChI=1S/C14H12O3S/c15-10-3-1-9(2-4-10)14-8-17-12-6-5-11(16)7-13(12)18-14/h1-7,14-16H,8H2. The predicted octanol–water partition coefficient (Wildman–Crippen LogP) is 3.32. The summed E-state index contributed by atoms with van der Waals surface area (Å²) in [6.45, 7) is 0.590. The quantitative estimate of drug-likeness (QED) is 0.825. The number of phenols is 2. The van der Waals surface area contributed by atoms with Crippen molar-refractivity contribution in [1.29, 1.82) is 0 Å². The maximum Gasteiger partial charge on any atom is 0.133 e. The molecular weight excluding hydrogens is 248 g/mol. The van der Waals surface area contributed by atoms with E-state index in [0.717, 1.165) is 16.2 Å². The van der Waals surface area contributed by atoms with Gasteiger partial charge < -0.3 is 14.9 Å². The van der Waals surface area contributed by atoms with Gasteiger partial charge in [0, 0.05) is 0 Å². The van der Waals surface area contributed by atoms with E-state index in [2.05, 4.69) is 0 Å². The monoisotopic (exact) mass is 260 g/mol. The lowest BCUT2D eigenvalue weighted by Gasteiger charge is -2.25. The number of thioether (sulfide) groups is 1. The number of fused-ring (bicyclic) bond motifs is 1. The van der Waals surface area contributed by atoms with E-state index in [1.807, 2.05) is 12.1 Å².